The molecule has 0 aromatic rings. The lowest BCUT2D eigenvalue weighted by Crippen LogP contribution is -2.78. The molecule has 3 saturated carbocycles. The largest absolute Gasteiger partial charge is 0.550 e. The van der Waals surface area contributed by atoms with Crippen molar-refractivity contribution in [3.8, 4) is 0 Å². The number of fused-ring (bicyclic) bond motifs is 2. The minimum Gasteiger partial charge on any atom is -0.550 e. The minimum absolute atomic E-state index is 0.0602. The molecule has 74 valence electrons. The Morgan fingerprint density at radius 2 is 2.08 bits per heavy atom. The first-order valence-corrected chi connectivity index (χ1v) is 4.98. The normalized spacial score (nSPS) is 46.7. The lowest BCUT2D eigenvalue weighted by atomic mass is 9.45. The van der Waals surface area contributed by atoms with E-state index in [1.165, 1.54) is 6.42 Å². The van der Waals surface area contributed by atoms with Gasteiger partial charge in [0.15, 0.2) is 0 Å². The van der Waals surface area contributed by atoms with Crippen molar-refractivity contribution in [2.75, 3.05) is 0 Å². The van der Waals surface area contributed by atoms with E-state index in [1.807, 2.05) is 0 Å². The van der Waals surface area contributed by atoms with Crippen LogP contribution in [-0.4, -0.2) is 12.0 Å². The van der Waals surface area contributed by atoms with E-state index in [4.69, 9.17) is 0 Å². The second kappa shape index (κ2) is 2.47. The summed E-state index contributed by atoms with van der Waals surface area (Å²) in [7, 11) is 0. The van der Waals surface area contributed by atoms with E-state index in [2.05, 4.69) is 19.6 Å². The molecule has 0 aliphatic heterocycles. The van der Waals surface area contributed by atoms with Crippen LogP contribution in [0.5, 0.6) is 0 Å². The molecule has 3 aliphatic carbocycles. The summed E-state index contributed by atoms with van der Waals surface area (Å²) >= 11 is 0. The maximum atomic E-state index is 10.8. The average molecular weight is 183 g/mol. The highest BCUT2D eigenvalue weighted by atomic mass is 16.4. The Balaban J connectivity index is 2.16. The lowest BCUT2D eigenvalue weighted by Gasteiger charge is -2.60. The van der Waals surface area contributed by atoms with Crippen LogP contribution in [0.25, 0.3) is 0 Å². The summed E-state index contributed by atoms with van der Waals surface area (Å²) in [5, 5.41) is 10.8. The van der Waals surface area contributed by atoms with Crippen molar-refractivity contribution in [1.29, 1.82) is 0 Å². The SMILES string of the molecule is CC1(C)[C@H]2C[C@@H](C(=O)[O-])[C@H]([NH3+])[C@@H]1C2. The maximum absolute atomic E-state index is 10.8. The first-order valence-electron chi connectivity index (χ1n) is 4.98. The smallest absolute Gasteiger partial charge is 0.0958 e. The van der Waals surface area contributed by atoms with Crippen LogP contribution in [0.2, 0.25) is 0 Å². The van der Waals surface area contributed by atoms with Crippen molar-refractivity contribution in [2.45, 2.75) is 32.7 Å². The molecule has 3 fully saturated rings. The molecule has 13 heavy (non-hydrogen) atoms. The van der Waals surface area contributed by atoms with Crippen LogP contribution < -0.4 is 10.8 Å². The first-order chi connectivity index (χ1) is 5.94. The van der Waals surface area contributed by atoms with Crippen molar-refractivity contribution in [3.05, 3.63) is 0 Å². The number of hydrogen-bond acceptors (Lipinski definition) is 2. The van der Waals surface area contributed by atoms with Gasteiger partial charge in [0.2, 0.25) is 0 Å². The van der Waals surface area contributed by atoms with E-state index in [1.54, 1.807) is 0 Å². The van der Waals surface area contributed by atoms with Gasteiger partial charge in [0, 0.05) is 5.92 Å². The van der Waals surface area contributed by atoms with E-state index in [0.29, 0.717) is 17.3 Å². The Kier molecular flexibility index (Phi) is 1.71. The van der Waals surface area contributed by atoms with Gasteiger partial charge in [0.1, 0.15) is 0 Å². The fourth-order valence-electron chi connectivity index (χ4n) is 3.22. The van der Waals surface area contributed by atoms with Crippen LogP contribution in [-0.2, 0) is 4.79 Å². The van der Waals surface area contributed by atoms with E-state index in [-0.39, 0.29) is 12.0 Å². The standard InChI is InChI=1S/C10H17NO2/c1-10(2)5-3-6(9(12)13)8(11)7(10)4-5/h5-8H,3-4,11H2,1-2H3,(H,12,13)/t5-,6+,7-,8-/m0/s1. The molecular weight excluding hydrogens is 166 g/mol. The summed E-state index contributed by atoms with van der Waals surface area (Å²) in [6.07, 6.45) is 1.95. The van der Waals surface area contributed by atoms with Gasteiger partial charge in [-0.1, -0.05) is 13.8 Å². The first kappa shape index (κ1) is 9.00. The zero-order valence-corrected chi connectivity index (χ0v) is 8.25. The van der Waals surface area contributed by atoms with Crippen LogP contribution in [0.1, 0.15) is 26.7 Å². The Bertz CT molecular complexity index is 249. The predicted octanol–water partition coefficient (Wildman–Crippen LogP) is -0.971. The Hall–Kier alpha value is -0.570. The molecule has 2 bridgehead atoms. The molecule has 4 atom stereocenters. The van der Waals surface area contributed by atoms with Gasteiger partial charge in [0.05, 0.1) is 17.9 Å². The summed E-state index contributed by atoms with van der Waals surface area (Å²) in [6.45, 7) is 4.46. The van der Waals surface area contributed by atoms with E-state index in [0.717, 1.165) is 6.42 Å². The number of carboxylic acids is 1. The Morgan fingerprint density at radius 1 is 1.46 bits per heavy atom. The highest BCUT2D eigenvalue weighted by molar-refractivity contribution is 5.69. The summed E-state index contributed by atoms with van der Waals surface area (Å²) in [5.41, 5.74) is 4.31. The molecule has 0 spiro atoms. The number of rotatable bonds is 1. The Labute approximate surface area is 78.3 Å². The third kappa shape index (κ3) is 1.03. The lowest BCUT2D eigenvalue weighted by molar-refractivity contribution is -0.478. The van der Waals surface area contributed by atoms with Crippen LogP contribution in [0.3, 0.4) is 0 Å². The molecule has 0 saturated heterocycles. The third-order valence-corrected chi connectivity index (χ3v) is 4.42. The number of quaternary nitrogens is 1. The zero-order valence-electron chi connectivity index (χ0n) is 8.25. The van der Waals surface area contributed by atoms with Gasteiger partial charge >= 0.3 is 0 Å². The summed E-state index contributed by atoms with van der Waals surface area (Å²) in [4.78, 5) is 10.8. The molecule has 0 amide bonds. The quantitative estimate of drug-likeness (QED) is 0.568. The van der Waals surface area contributed by atoms with Crippen LogP contribution in [0.4, 0.5) is 0 Å². The second-order valence-corrected chi connectivity index (χ2v) is 5.19. The van der Waals surface area contributed by atoms with E-state index >= 15 is 0 Å². The van der Waals surface area contributed by atoms with Gasteiger partial charge in [-0.05, 0) is 24.2 Å². The van der Waals surface area contributed by atoms with Gasteiger partial charge in [0.25, 0.3) is 0 Å². The number of carbonyl (C=O) groups excluding carboxylic acids is 1. The van der Waals surface area contributed by atoms with Crippen LogP contribution in [0, 0.1) is 23.2 Å². The molecule has 0 heterocycles. The molecular formula is C10H17NO2. The molecule has 3 aliphatic rings. The number of aliphatic carboxylic acids is 1. The number of carbonyl (C=O) groups is 1. The topological polar surface area (TPSA) is 67.8 Å². The number of carboxylic acid groups (broad SMARTS) is 1. The third-order valence-electron chi connectivity index (χ3n) is 4.42. The van der Waals surface area contributed by atoms with Crippen LogP contribution in [0.15, 0.2) is 0 Å². The van der Waals surface area contributed by atoms with Crippen molar-refractivity contribution >= 4 is 5.97 Å². The van der Waals surface area contributed by atoms with Crippen molar-refractivity contribution in [1.82, 2.24) is 0 Å². The average Bonchev–Trinajstić information content (AvgIpc) is 2.02. The maximum Gasteiger partial charge on any atom is 0.0958 e. The molecule has 3 N–H and O–H groups in total. The molecule has 0 aromatic carbocycles. The van der Waals surface area contributed by atoms with Crippen molar-refractivity contribution in [2.24, 2.45) is 23.2 Å². The minimum atomic E-state index is -0.898. The summed E-state index contributed by atoms with van der Waals surface area (Å²) in [6, 6.07) is 0.0602. The second-order valence-electron chi connectivity index (χ2n) is 5.19. The highest BCUT2D eigenvalue weighted by Crippen LogP contribution is 2.59. The van der Waals surface area contributed by atoms with Gasteiger partial charge in [-0.15, -0.1) is 0 Å². The van der Waals surface area contributed by atoms with Crippen molar-refractivity contribution < 1.29 is 15.6 Å². The van der Waals surface area contributed by atoms with Crippen LogP contribution >= 0.6 is 0 Å². The molecule has 3 heteroatoms. The van der Waals surface area contributed by atoms with E-state index < -0.39 is 5.97 Å². The predicted molar refractivity (Wildman–Crippen MR) is 45.2 cm³/mol. The summed E-state index contributed by atoms with van der Waals surface area (Å²) in [5.74, 6) is -0.116. The fourth-order valence-corrected chi connectivity index (χ4v) is 3.22. The molecule has 3 nitrogen and oxygen atoms in total. The molecule has 0 unspecified atom stereocenters. The van der Waals surface area contributed by atoms with Gasteiger partial charge < -0.3 is 15.6 Å². The monoisotopic (exact) mass is 183 g/mol. The molecule has 3 rings (SSSR count). The highest BCUT2D eigenvalue weighted by Gasteiger charge is 2.58. The van der Waals surface area contributed by atoms with Gasteiger partial charge in [-0.2, -0.15) is 0 Å². The van der Waals surface area contributed by atoms with Gasteiger partial charge in [-0.25, -0.2) is 0 Å². The zero-order chi connectivity index (χ0) is 9.80. The van der Waals surface area contributed by atoms with Gasteiger partial charge in [-0.3, -0.25) is 0 Å². The molecule has 0 aromatic heterocycles. The fraction of sp³-hybridized carbons (Fsp3) is 0.900. The van der Waals surface area contributed by atoms with Crippen molar-refractivity contribution in [3.63, 3.8) is 0 Å². The molecule has 0 radical (unpaired) electrons. The van der Waals surface area contributed by atoms with E-state index in [9.17, 15) is 9.90 Å². The Morgan fingerprint density at radius 3 is 2.46 bits per heavy atom. The summed E-state index contributed by atoms with van der Waals surface area (Å²) < 4.78 is 0. The number of hydrogen-bond donors (Lipinski definition) is 1.